The van der Waals surface area contributed by atoms with Crippen LogP contribution in [0.4, 0.5) is 0 Å². The van der Waals surface area contributed by atoms with Crippen molar-refractivity contribution in [2.24, 2.45) is 0 Å². The molecule has 0 amide bonds. The summed E-state index contributed by atoms with van der Waals surface area (Å²) in [5, 5.41) is 0. The number of allylic oxidation sites excluding steroid dienone is 4. The van der Waals surface area contributed by atoms with Gasteiger partial charge in [-0.2, -0.15) is 6.08 Å². The van der Waals surface area contributed by atoms with Crippen LogP contribution < -0.4 is 37.2 Å². The van der Waals surface area contributed by atoms with Crippen molar-refractivity contribution in [1.82, 2.24) is 0 Å². The molecule has 0 spiro atoms. The molecule has 0 bridgehead atoms. The fraction of sp³-hybridized carbons (Fsp3) is 0.143. The summed E-state index contributed by atoms with van der Waals surface area (Å²) in [5.74, 6) is 0. The Balaban J connectivity index is -0.0000000104. The van der Waals surface area contributed by atoms with E-state index in [2.05, 4.69) is 12.2 Å². The summed E-state index contributed by atoms with van der Waals surface area (Å²) >= 11 is 0. The van der Waals surface area contributed by atoms with Gasteiger partial charge in [0.05, 0.1) is 0 Å². The first-order valence-corrected chi connectivity index (χ1v) is 1.72. The molecule has 11 heavy (non-hydrogen) atoms. The third-order valence-electron chi connectivity index (χ3n) is 0.586. The molecule has 4 heteroatoms. The summed E-state index contributed by atoms with van der Waals surface area (Å²) in [6, 6.07) is 0. The van der Waals surface area contributed by atoms with Crippen LogP contribution in [0, 0.1) is 20.9 Å². The quantitative estimate of drug-likeness (QED) is 0.290. The number of rotatable bonds is 0. The topological polar surface area (TPSA) is 0 Å². The first kappa shape index (κ1) is 39.8. The van der Waals surface area contributed by atoms with E-state index in [4.69, 9.17) is 0 Å². The van der Waals surface area contributed by atoms with E-state index >= 15 is 0 Å². The smallest absolute Gasteiger partial charge is 0 e. The van der Waals surface area contributed by atoms with E-state index in [0.717, 1.165) is 6.42 Å². The second-order valence-electron chi connectivity index (χ2n) is 1.00. The molecule has 0 heterocycles. The molecule has 0 unspecified atom stereocenters. The normalized spacial score (nSPS) is 8.00. The van der Waals surface area contributed by atoms with Gasteiger partial charge in [0.2, 0.25) is 0 Å². The Morgan fingerprint density at radius 1 is 1.00 bits per heavy atom. The molecule has 0 aromatic carbocycles. The first-order chi connectivity index (χ1) is 2.50. The average Bonchev–Trinajstić information content (AvgIpc) is 1.76. The van der Waals surface area contributed by atoms with Crippen LogP contribution in [-0.2, 0) is 25.8 Å². The maximum absolute atomic E-state index is 2.99. The summed E-state index contributed by atoms with van der Waals surface area (Å²) < 4.78 is 0. The summed E-state index contributed by atoms with van der Waals surface area (Å²) in [5.41, 5.74) is 0. The van der Waals surface area contributed by atoms with Crippen LogP contribution in [-0.4, -0.2) is 0 Å². The van der Waals surface area contributed by atoms with E-state index < -0.39 is 0 Å². The third kappa shape index (κ3) is 24.7. The molecule has 0 saturated heterocycles. The van der Waals surface area contributed by atoms with Crippen molar-refractivity contribution in [3.05, 3.63) is 39.2 Å². The predicted octanol–water partition coefficient (Wildman–Crippen LogP) is -6.78. The van der Waals surface area contributed by atoms with E-state index in [-0.39, 0.29) is 77.9 Å². The predicted molar refractivity (Wildman–Crippen MR) is 34.4 cm³/mol. The molecular formula is C7H11Cl3Hf-6. The van der Waals surface area contributed by atoms with Crippen molar-refractivity contribution in [3.63, 3.8) is 0 Å². The fourth-order valence-electron chi connectivity index (χ4n) is 0.340. The van der Waals surface area contributed by atoms with Crippen molar-refractivity contribution < 1.29 is 63.1 Å². The van der Waals surface area contributed by atoms with Crippen LogP contribution in [0.3, 0.4) is 0 Å². The van der Waals surface area contributed by atoms with Gasteiger partial charge in [-0.05, 0) is 0 Å². The van der Waals surface area contributed by atoms with E-state index in [0.29, 0.717) is 0 Å². The third-order valence-corrected chi connectivity index (χ3v) is 0.586. The second-order valence-corrected chi connectivity index (χ2v) is 1.00. The van der Waals surface area contributed by atoms with Crippen LogP contribution >= 0.6 is 0 Å². The monoisotopic (exact) mass is 380 g/mol. The zero-order valence-corrected chi connectivity index (χ0v) is 12.4. The maximum atomic E-state index is 2.99. The largest absolute Gasteiger partial charge is 1.00 e. The molecule has 0 atom stereocenters. The molecule has 0 aliphatic heterocycles. The molecule has 0 fully saturated rings. The van der Waals surface area contributed by atoms with Gasteiger partial charge in [-0.3, -0.25) is 6.08 Å². The van der Waals surface area contributed by atoms with Crippen molar-refractivity contribution in [2.45, 2.75) is 6.42 Å². The van der Waals surface area contributed by atoms with E-state index in [9.17, 15) is 0 Å². The van der Waals surface area contributed by atoms with Gasteiger partial charge >= 0.3 is 0 Å². The van der Waals surface area contributed by atoms with Gasteiger partial charge in [-0.15, -0.1) is 6.42 Å². The van der Waals surface area contributed by atoms with E-state index in [1.165, 1.54) is 0 Å². The molecule has 70 valence electrons. The van der Waals surface area contributed by atoms with Crippen molar-refractivity contribution in [3.8, 4) is 0 Å². The zero-order chi connectivity index (χ0) is 3.54. The minimum Gasteiger partial charge on any atom is -1.00 e. The van der Waals surface area contributed by atoms with Gasteiger partial charge in [-0.25, -0.2) is 12.2 Å². The molecule has 0 aromatic heterocycles. The summed E-state index contributed by atoms with van der Waals surface area (Å²) in [4.78, 5) is 0. The zero-order valence-electron chi connectivity index (χ0n) is 6.57. The Bertz CT molecular complexity index is 71.8. The fourth-order valence-corrected chi connectivity index (χ4v) is 0.340. The molecule has 0 nitrogen and oxygen atoms in total. The van der Waals surface area contributed by atoms with Gasteiger partial charge < -0.3 is 52.1 Å². The van der Waals surface area contributed by atoms with E-state index in [1.807, 2.05) is 12.2 Å². The van der Waals surface area contributed by atoms with Crippen LogP contribution in [0.5, 0.6) is 0 Å². The first-order valence-electron chi connectivity index (χ1n) is 1.72. The molecular weight excluding hydrogens is 369 g/mol. The second kappa shape index (κ2) is 30.3. The Morgan fingerprint density at radius 3 is 1.55 bits per heavy atom. The minimum atomic E-state index is 0. The van der Waals surface area contributed by atoms with Crippen LogP contribution in [0.1, 0.15) is 6.42 Å². The molecule has 1 aliphatic carbocycles. The van der Waals surface area contributed by atoms with Gasteiger partial charge in [0, 0.05) is 25.8 Å². The van der Waals surface area contributed by atoms with Crippen molar-refractivity contribution in [2.75, 3.05) is 0 Å². The maximum Gasteiger partial charge on any atom is 0 e. The van der Waals surface area contributed by atoms with E-state index in [1.54, 1.807) is 0 Å². The van der Waals surface area contributed by atoms with Gasteiger partial charge in [0.1, 0.15) is 0 Å². The Morgan fingerprint density at radius 2 is 1.45 bits per heavy atom. The number of hydrogen-bond donors (Lipinski definition) is 0. The Labute approximate surface area is 108 Å². The van der Waals surface area contributed by atoms with Gasteiger partial charge in [0.25, 0.3) is 0 Å². The van der Waals surface area contributed by atoms with Crippen LogP contribution in [0.25, 0.3) is 0 Å². The molecule has 0 N–H and O–H groups in total. The Kier molecular flexibility index (Phi) is 109. The van der Waals surface area contributed by atoms with Gasteiger partial charge in [-0.1, -0.05) is 0 Å². The molecule has 0 aromatic rings. The SMILES string of the molecule is [C-]1=CC=CC1.[CH3-].[CH3-].[Cl-].[Cl-].[Cl-].[Hf]. The molecule has 1 rings (SSSR count). The number of hydrogen-bond acceptors (Lipinski definition) is 0. The number of halogens is 3. The minimum absolute atomic E-state index is 0. The molecule has 0 radical (unpaired) electrons. The standard InChI is InChI=1S/C5H5.2CH3.3ClH.Hf/c1-2-4-5-3-1;;;;;;/h1-3H,4H2;2*1H3;3*1H;/q3*-1;;;;/p-3. The Hall–Kier alpha value is 1.22. The summed E-state index contributed by atoms with van der Waals surface area (Å²) in [6.45, 7) is 0. The van der Waals surface area contributed by atoms with Gasteiger partial charge in [0.15, 0.2) is 0 Å². The molecule has 0 saturated carbocycles. The molecule has 1 aliphatic rings. The van der Waals surface area contributed by atoms with Crippen LogP contribution in [0.15, 0.2) is 18.2 Å². The van der Waals surface area contributed by atoms with Crippen LogP contribution in [0.2, 0.25) is 0 Å². The summed E-state index contributed by atoms with van der Waals surface area (Å²) in [6.07, 6.45) is 10.0. The summed E-state index contributed by atoms with van der Waals surface area (Å²) in [7, 11) is 0. The van der Waals surface area contributed by atoms with Crippen molar-refractivity contribution in [1.29, 1.82) is 0 Å². The average molecular weight is 380 g/mol. The van der Waals surface area contributed by atoms with Crippen molar-refractivity contribution >= 4 is 0 Å².